The molecule has 0 aromatic heterocycles. The molecule has 0 unspecified atom stereocenters. The highest BCUT2D eigenvalue weighted by molar-refractivity contribution is 5.89. The van der Waals surface area contributed by atoms with Gasteiger partial charge in [-0.1, -0.05) is 26.0 Å². The predicted octanol–water partition coefficient (Wildman–Crippen LogP) is 2.02. The van der Waals surface area contributed by atoms with E-state index in [1.54, 1.807) is 0 Å². The van der Waals surface area contributed by atoms with E-state index in [2.05, 4.69) is 46.4 Å². The van der Waals surface area contributed by atoms with Crippen molar-refractivity contribution in [1.82, 2.24) is 15.1 Å². The van der Waals surface area contributed by atoms with E-state index in [-0.39, 0.29) is 6.03 Å². The Morgan fingerprint density at radius 1 is 1.16 bits per heavy atom. The third-order valence-electron chi connectivity index (χ3n) is 4.64. The van der Waals surface area contributed by atoms with Crippen LogP contribution in [0.2, 0.25) is 0 Å². The summed E-state index contributed by atoms with van der Waals surface area (Å²) in [5.74, 6) is 0. The third kappa shape index (κ3) is 7.42. The summed E-state index contributed by atoms with van der Waals surface area (Å²) in [6.07, 6.45) is 1.02. The molecule has 0 bridgehead atoms. The van der Waals surface area contributed by atoms with Gasteiger partial charge in [0.15, 0.2) is 0 Å². The van der Waals surface area contributed by atoms with Gasteiger partial charge in [-0.15, -0.1) is 0 Å². The molecule has 2 rings (SSSR count). The highest BCUT2D eigenvalue weighted by Gasteiger charge is 2.10. The van der Waals surface area contributed by atoms with Crippen molar-refractivity contribution >= 4 is 11.7 Å². The molecular formula is C19H32N4O2. The fourth-order valence-electron chi connectivity index (χ4n) is 2.91. The number of benzene rings is 1. The van der Waals surface area contributed by atoms with Gasteiger partial charge in [-0.05, 0) is 37.2 Å². The van der Waals surface area contributed by atoms with Crippen molar-refractivity contribution in [3.8, 4) is 0 Å². The first-order chi connectivity index (χ1) is 12.2. The van der Waals surface area contributed by atoms with E-state index < -0.39 is 0 Å². The Morgan fingerprint density at radius 2 is 1.84 bits per heavy atom. The predicted molar refractivity (Wildman–Crippen MR) is 102 cm³/mol. The molecule has 2 N–H and O–H groups in total. The van der Waals surface area contributed by atoms with Crippen LogP contribution in [0.3, 0.4) is 0 Å². The Bertz CT molecular complexity index is 497. The topological polar surface area (TPSA) is 56.8 Å². The SMILES string of the molecule is CCN(CC)CCNC(=O)Nc1ccc(CCN2CCOCC2)cc1. The van der Waals surface area contributed by atoms with E-state index >= 15 is 0 Å². The minimum Gasteiger partial charge on any atom is -0.379 e. The molecule has 1 saturated heterocycles. The van der Waals surface area contributed by atoms with Crippen LogP contribution in [0, 0.1) is 0 Å². The molecule has 1 aliphatic rings. The van der Waals surface area contributed by atoms with Crippen molar-refractivity contribution in [3.05, 3.63) is 29.8 Å². The van der Waals surface area contributed by atoms with E-state index in [1.165, 1.54) is 5.56 Å². The lowest BCUT2D eigenvalue weighted by Crippen LogP contribution is -2.37. The van der Waals surface area contributed by atoms with Crippen molar-refractivity contribution < 1.29 is 9.53 Å². The summed E-state index contributed by atoms with van der Waals surface area (Å²) in [5.41, 5.74) is 2.12. The lowest BCUT2D eigenvalue weighted by molar-refractivity contribution is 0.0384. The Kier molecular flexibility index (Phi) is 8.72. The molecule has 0 spiro atoms. The van der Waals surface area contributed by atoms with Crippen LogP contribution in [0.4, 0.5) is 10.5 Å². The summed E-state index contributed by atoms with van der Waals surface area (Å²) in [6.45, 7) is 12.6. The fraction of sp³-hybridized carbons (Fsp3) is 0.632. The molecular weight excluding hydrogens is 316 g/mol. The number of hydrogen-bond donors (Lipinski definition) is 2. The first-order valence-corrected chi connectivity index (χ1v) is 9.37. The van der Waals surface area contributed by atoms with Gasteiger partial charge in [-0.2, -0.15) is 0 Å². The number of anilines is 1. The summed E-state index contributed by atoms with van der Waals surface area (Å²) < 4.78 is 5.37. The third-order valence-corrected chi connectivity index (χ3v) is 4.64. The smallest absolute Gasteiger partial charge is 0.319 e. The number of urea groups is 1. The van der Waals surface area contributed by atoms with Gasteiger partial charge in [-0.3, -0.25) is 4.90 Å². The molecule has 1 heterocycles. The lowest BCUT2D eigenvalue weighted by atomic mass is 10.1. The standard InChI is InChI=1S/C19H32N4O2/c1-3-22(4-2)12-10-20-19(24)21-18-7-5-17(6-8-18)9-11-23-13-15-25-16-14-23/h5-8H,3-4,9-16H2,1-2H3,(H2,20,21,24). The molecule has 6 heteroatoms. The molecule has 1 aromatic carbocycles. The van der Waals surface area contributed by atoms with Crippen LogP contribution in [0.25, 0.3) is 0 Å². The van der Waals surface area contributed by atoms with Gasteiger partial charge in [-0.25, -0.2) is 4.79 Å². The van der Waals surface area contributed by atoms with Crippen LogP contribution in [0.5, 0.6) is 0 Å². The number of nitrogens with one attached hydrogen (secondary N) is 2. The number of likely N-dealkylation sites (N-methyl/N-ethyl adjacent to an activating group) is 1. The molecule has 140 valence electrons. The molecule has 1 aliphatic heterocycles. The number of carbonyl (C=O) groups excluding carboxylic acids is 1. The zero-order valence-corrected chi connectivity index (χ0v) is 15.6. The second kappa shape index (κ2) is 11.1. The van der Waals surface area contributed by atoms with Crippen molar-refractivity contribution in [2.75, 3.05) is 64.3 Å². The normalized spacial score (nSPS) is 15.3. The second-order valence-corrected chi connectivity index (χ2v) is 6.31. The van der Waals surface area contributed by atoms with Crippen molar-refractivity contribution in [2.45, 2.75) is 20.3 Å². The zero-order valence-electron chi connectivity index (χ0n) is 15.6. The van der Waals surface area contributed by atoms with Crippen LogP contribution in [-0.2, 0) is 11.2 Å². The van der Waals surface area contributed by atoms with E-state index in [1.807, 2.05) is 12.1 Å². The zero-order chi connectivity index (χ0) is 17.9. The maximum Gasteiger partial charge on any atom is 0.319 e. The van der Waals surface area contributed by atoms with Gasteiger partial charge < -0.3 is 20.3 Å². The number of carbonyl (C=O) groups is 1. The maximum absolute atomic E-state index is 11.9. The van der Waals surface area contributed by atoms with Gasteiger partial charge in [0.05, 0.1) is 13.2 Å². The van der Waals surface area contributed by atoms with Gasteiger partial charge in [0.25, 0.3) is 0 Å². The van der Waals surface area contributed by atoms with E-state index in [9.17, 15) is 4.79 Å². The molecule has 6 nitrogen and oxygen atoms in total. The van der Waals surface area contributed by atoms with Crippen LogP contribution in [0.15, 0.2) is 24.3 Å². The molecule has 0 radical (unpaired) electrons. The minimum atomic E-state index is -0.145. The summed E-state index contributed by atoms with van der Waals surface area (Å²) in [4.78, 5) is 16.6. The van der Waals surface area contributed by atoms with Crippen LogP contribution in [-0.4, -0.2) is 74.9 Å². The molecule has 25 heavy (non-hydrogen) atoms. The van der Waals surface area contributed by atoms with Crippen molar-refractivity contribution in [3.63, 3.8) is 0 Å². The number of nitrogens with zero attached hydrogens (tertiary/aromatic N) is 2. The number of morpholine rings is 1. The summed E-state index contributed by atoms with van der Waals surface area (Å²) in [6, 6.07) is 7.98. The quantitative estimate of drug-likeness (QED) is 0.717. The van der Waals surface area contributed by atoms with Gasteiger partial charge >= 0.3 is 6.03 Å². The molecule has 0 atom stereocenters. The van der Waals surface area contributed by atoms with Gasteiger partial charge in [0.2, 0.25) is 0 Å². The highest BCUT2D eigenvalue weighted by Crippen LogP contribution is 2.11. The Hall–Kier alpha value is -1.63. The first-order valence-electron chi connectivity index (χ1n) is 9.37. The minimum absolute atomic E-state index is 0.145. The van der Waals surface area contributed by atoms with Crippen LogP contribution in [0.1, 0.15) is 19.4 Å². The van der Waals surface area contributed by atoms with Crippen LogP contribution < -0.4 is 10.6 Å². The van der Waals surface area contributed by atoms with E-state index in [0.29, 0.717) is 6.54 Å². The first kappa shape index (κ1) is 19.7. The Balaban J connectivity index is 1.67. The molecule has 1 fully saturated rings. The molecule has 0 saturated carbocycles. The largest absolute Gasteiger partial charge is 0.379 e. The van der Waals surface area contributed by atoms with Gasteiger partial charge in [0.1, 0.15) is 0 Å². The summed E-state index contributed by atoms with van der Waals surface area (Å²) in [7, 11) is 0. The average molecular weight is 348 g/mol. The van der Waals surface area contributed by atoms with Crippen LogP contribution >= 0.6 is 0 Å². The average Bonchev–Trinajstić information content (AvgIpc) is 2.65. The fourth-order valence-corrected chi connectivity index (χ4v) is 2.91. The molecule has 0 aliphatic carbocycles. The van der Waals surface area contributed by atoms with E-state index in [4.69, 9.17) is 4.74 Å². The highest BCUT2D eigenvalue weighted by atomic mass is 16.5. The second-order valence-electron chi connectivity index (χ2n) is 6.31. The lowest BCUT2D eigenvalue weighted by Gasteiger charge is -2.26. The molecule has 2 amide bonds. The van der Waals surface area contributed by atoms with Crippen molar-refractivity contribution in [2.24, 2.45) is 0 Å². The Labute approximate surface area is 151 Å². The number of hydrogen-bond acceptors (Lipinski definition) is 4. The van der Waals surface area contributed by atoms with Crippen molar-refractivity contribution in [1.29, 1.82) is 0 Å². The molecule has 1 aromatic rings. The monoisotopic (exact) mass is 348 g/mol. The summed E-state index contributed by atoms with van der Waals surface area (Å²) in [5, 5.41) is 5.79. The number of ether oxygens (including phenoxy) is 1. The number of rotatable bonds is 9. The number of amides is 2. The van der Waals surface area contributed by atoms with E-state index in [0.717, 1.165) is 64.6 Å². The Morgan fingerprint density at radius 3 is 2.48 bits per heavy atom. The summed E-state index contributed by atoms with van der Waals surface area (Å²) >= 11 is 0. The maximum atomic E-state index is 11.9. The van der Waals surface area contributed by atoms with Gasteiger partial charge in [0, 0.05) is 38.4 Å².